The average Bonchev–Trinajstić information content (AvgIpc) is 3.23. The predicted octanol–water partition coefficient (Wildman–Crippen LogP) is 4.28. The Bertz CT molecular complexity index is 990. The van der Waals surface area contributed by atoms with Crippen LogP contribution in [0.3, 0.4) is 0 Å². The van der Waals surface area contributed by atoms with Crippen LogP contribution >= 0.6 is 0 Å². The van der Waals surface area contributed by atoms with Gasteiger partial charge < -0.3 is 19.5 Å². The third-order valence-corrected chi connectivity index (χ3v) is 3.80. The third-order valence-electron chi connectivity index (χ3n) is 3.80. The van der Waals surface area contributed by atoms with Gasteiger partial charge in [0, 0.05) is 11.8 Å². The lowest BCUT2D eigenvalue weighted by atomic mass is 10.1. The number of fused-ring (bicyclic) bond motifs is 1. The van der Waals surface area contributed by atoms with Crippen LogP contribution in [0.1, 0.15) is 5.56 Å². The molecule has 4 aromatic rings. The van der Waals surface area contributed by atoms with Crippen LogP contribution in [0.4, 0.5) is 11.6 Å². The van der Waals surface area contributed by atoms with Crippen LogP contribution in [0.25, 0.3) is 22.4 Å². The number of ether oxygens (including phenoxy) is 1. The standard InChI is InChI=1S/C18H16N4O2/c1-11-3-6-14-15(7-11)22-18(21-14)20-12-4-5-13(16(8-12)23-2)17-9-19-10-24-17/h3-10H,1-2H3,(H2,20,21,22). The topological polar surface area (TPSA) is 76.0 Å². The van der Waals surface area contributed by atoms with Gasteiger partial charge in [-0.05, 0) is 36.8 Å². The molecule has 0 fully saturated rings. The SMILES string of the molecule is COc1cc(Nc2nc3ccc(C)cc3[nH]2)ccc1-c1cnco1. The Balaban J connectivity index is 1.66. The lowest BCUT2D eigenvalue weighted by molar-refractivity contribution is 0.415. The largest absolute Gasteiger partial charge is 0.496 e. The number of aromatic nitrogens is 3. The van der Waals surface area contributed by atoms with E-state index in [4.69, 9.17) is 9.15 Å². The highest BCUT2D eigenvalue weighted by Crippen LogP contribution is 2.33. The van der Waals surface area contributed by atoms with Crippen LogP contribution in [0.15, 0.2) is 53.4 Å². The van der Waals surface area contributed by atoms with Gasteiger partial charge in [-0.1, -0.05) is 6.07 Å². The van der Waals surface area contributed by atoms with Gasteiger partial charge in [-0.15, -0.1) is 0 Å². The summed E-state index contributed by atoms with van der Waals surface area (Å²) in [6, 6.07) is 11.9. The number of oxazole rings is 1. The highest BCUT2D eigenvalue weighted by molar-refractivity contribution is 5.79. The summed E-state index contributed by atoms with van der Waals surface area (Å²) >= 11 is 0. The second kappa shape index (κ2) is 5.73. The van der Waals surface area contributed by atoms with Crippen LogP contribution < -0.4 is 10.1 Å². The van der Waals surface area contributed by atoms with Crippen molar-refractivity contribution in [2.75, 3.05) is 12.4 Å². The van der Waals surface area contributed by atoms with Gasteiger partial charge in [0.2, 0.25) is 5.95 Å². The van der Waals surface area contributed by atoms with E-state index in [2.05, 4.69) is 33.3 Å². The van der Waals surface area contributed by atoms with Crippen molar-refractivity contribution in [3.63, 3.8) is 0 Å². The zero-order valence-corrected chi connectivity index (χ0v) is 13.3. The number of anilines is 2. The molecule has 0 saturated carbocycles. The summed E-state index contributed by atoms with van der Waals surface area (Å²) in [7, 11) is 1.63. The zero-order chi connectivity index (χ0) is 16.5. The van der Waals surface area contributed by atoms with Crippen molar-refractivity contribution in [3.8, 4) is 17.1 Å². The molecular formula is C18H16N4O2. The number of hydrogen-bond donors (Lipinski definition) is 2. The van der Waals surface area contributed by atoms with Gasteiger partial charge >= 0.3 is 0 Å². The fourth-order valence-corrected chi connectivity index (χ4v) is 2.64. The maximum absolute atomic E-state index is 5.46. The van der Waals surface area contributed by atoms with Crippen molar-refractivity contribution in [1.29, 1.82) is 0 Å². The van der Waals surface area contributed by atoms with Crippen LogP contribution in [-0.4, -0.2) is 22.1 Å². The highest BCUT2D eigenvalue weighted by atomic mass is 16.5. The number of rotatable bonds is 4. The summed E-state index contributed by atoms with van der Waals surface area (Å²) < 4.78 is 10.8. The smallest absolute Gasteiger partial charge is 0.205 e. The second-order valence-electron chi connectivity index (χ2n) is 5.51. The van der Waals surface area contributed by atoms with E-state index < -0.39 is 0 Å². The van der Waals surface area contributed by atoms with E-state index in [1.807, 2.05) is 30.3 Å². The molecule has 2 N–H and O–H groups in total. The zero-order valence-electron chi connectivity index (χ0n) is 13.3. The molecule has 0 unspecified atom stereocenters. The Labute approximate surface area is 138 Å². The molecule has 24 heavy (non-hydrogen) atoms. The average molecular weight is 320 g/mol. The fourth-order valence-electron chi connectivity index (χ4n) is 2.64. The van der Waals surface area contributed by atoms with E-state index in [1.54, 1.807) is 13.3 Å². The van der Waals surface area contributed by atoms with E-state index in [1.165, 1.54) is 12.0 Å². The molecule has 4 rings (SSSR count). The molecule has 6 nitrogen and oxygen atoms in total. The van der Waals surface area contributed by atoms with Crippen molar-refractivity contribution in [2.24, 2.45) is 0 Å². The first-order chi connectivity index (χ1) is 11.7. The second-order valence-corrected chi connectivity index (χ2v) is 5.51. The molecule has 0 radical (unpaired) electrons. The van der Waals surface area contributed by atoms with Gasteiger partial charge in [0.05, 0.1) is 29.9 Å². The number of hydrogen-bond acceptors (Lipinski definition) is 5. The minimum atomic E-state index is 0.664. The summed E-state index contributed by atoms with van der Waals surface area (Å²) in [5, 5.41) is 3.27. The summed E-state index contributed by atoms with van der Waals surface area (Å²) in [5.74, 6) is 2.05. The number of methoxy groups -OCH3 is 1. The van der Waals surface area contributed by atoms with Gasteiger partial charge in [-0.3, -0.25) is 0 Å². The first-order valence-electron chi connectivity index (χ1n) is 7.53. The first-order valence-corrected chi connectivity index (χ1v) is 7.53. The Kier molecular flexibility index (Phi) is 3.42. The molecule has 0 spiro atoms. The number of H-pyrrole nitrogens is 1. The molecule has 2 heterocycles. The molecule has 0 aliphatic heterocycles. The first kappa shape index (κ1) is 14.3. The van der Waals surface area contributed by atoms with Crippen molar-refractivity contribution in [1.82, 2.24) is 15.0 Å². The maximum atomic E-state index is 5.46. The molecule has 0 atom stereocenters. The summed E-state index contributed by atoms with van der Waals surface area (Å²) in [6.45, 7) is 2.06. The number of aryl methyl sites for hydroxylation is 1. The summed E-state index contributed by atoms with van der Waals surface area (Å²) in [5.41, 5.74) is 4.83. The van der Waals surface area contributed by atoms with Crippen LogP contribution in [0.2, 0.25) is 0 Å². The van der Waals surface area contributed by atoms with Gasteiger partial charge in [0.25, 0.3) is 0 Å². The molecule has 120 valence electrons. The van der Waals surface area contributed by atoms with Crippen LogP contribution in [0.5, 0.6) is 5.75 Å². The van der Waals surface area contributed by atoms with Gasteiger partial charge in [-0.2, -0.15) is 0 Å². The van der Waals surface area contributed by atoms with E-state index in [-0.39, 0.29) is 0 Å². The number of aromatic amines is 1. The fraction of sp³-hybridized carbons (Fsp3) is 0.111. The molecule has 0 aliphatic rings. The molecule has 0 aliphatic carbocycles. The van der Waals surface area contributed by atoms with E-state index >= 15 is 0 Å². The molecule has 2 aromatic carbocycles. The highest BCUT2D eigenvalue weighted by Gasteiger charge is 2.11. The Hall–Kier alpha value is -3.28. The summed E-state index contributed by atoms with van der Waals surface area (Å²) in [4.78, 5) is 11.8. The van der Waals surface area contributed by atoms with Crippen molar-refractivity contribution in [2.45, 2.75) is 6.92 Å². The lowest BCUT2D eigenvalue weighted by Crippen LogP contribution is -1.94. The van der Waals surface area contributed by atoms with Crippen molar-refractivity contribution in [3.05, 3.63) is 54.6 Å². The maximum Gasteiger partial charge on any atom is 0.205 e. The molecule has 0 saturated heterocycles. The minimum Gasteiger partial charge on any atom is -0.496 e. The van der Waals surface area contributed by atoms with Crippen LogP contribution in [-0.2, 0) is 0 Å². The quantitative estimate of drug-likeness (QED) is 0.587. The summed E-state index contributed by atoms with van der Waals surface area (Å²) in [6.07, 6.45) is 3.06. The van der Waals surface area contributed by atoms with E-state index in [0.717, 1.165) is 22.3 Å². The normalized spacial score (nSPS) is 10.9. The van der Waals surface area contributed by atoms with Gasteiger partial charge in [0.15, 0.2) is 12.2 Å². The number of nitrogens with zero attached hydrogens (tertiary/aromatic N) is 2. The monoisotopic (exact) mass is 320 g/mol. The van der Waals surface area contributed by atoms with Crippen LogP contribution in [0, 0.1) is 6.92 Å². The van der Waals surface area contributed by atoms with Crippen molar-refractivity contribution < 1.29 is 9.15 Å². The number of imidazole rings is 1. The van der Waals surface area contributed by atoms with Gasteiger partial charge in [-0.25, -0.2) is 9.97 Å². The predicted molar refractivity (Wildman–Crippen MR) is 92.6 cm³/mol. The number of nitrogens with one attached hydrogen (secondary N) is 2. The Morgan fingerprint density at radius 1 is 1.17 bits per heavy atom. The van der Waals surface area contributed by atoms with E-state index in [0.29, 0.717) is 17.5 Å². The third kappa shape index (κ3) is 2.58. The molecule has 0 amide bonds. The minimum absolute atomic E-state index is 0.664. The Morgan fingerprint density at radius 3 is 2.88 bits per heavy atom. The molecule has 2 aromatic heterocycles. The Morgan fingerprint density at radius 2 is 2.08 bits per heavy atom. The number of benzene rings is 2. The molecular weight excluding hydrogens is 304 g/mol. The van der Waals surface area contributed by atoms with Gasteiger partial charge in [0.1, 0.15) is 5.75 Å². The molecule has 6 heteroatoms. The molecule has 0 bridgehead atoms. The van der Waals surface area contributed by atoms with Crippen molar-refractivity contribution >= 4 is 22.7 Å². The van der Waals surface area contributed by atoms with E-state index in [9.17, 15) is 0 Å². The lowest BCUT2D eigenvalue weighted by Gasteiger charge is -2.09.